The molecule has 1 atom stereocenters. The van der Waals surface area contributed by atoms with Crippen molar-refractivity contribution in [1.29, 1.82) is 0 Å². The molecule has 5 aromatic rings. The van der Waals surface area contributed by atoms with Gasteiger partial charge in [0.2, 0.25) is 0 Å². The second-order valence-corrected chi connectivity index (χ2v) is 15.7. The first-order chi connectivity index (χ1) is 27.8. The number of rotatable bonds is 10. The van der Waals surface area contributed by atoms with Crippen LogP contribution in [0.1, 0.15) is 85.9 Å². The van der Waals surface area contributed by atoms with Gasteiger partial charge in [0.15, 0.2) is 0 Å². The van der Waals surface area contributed by atoms with E-state index in [1.165, 1.54) is 61.2 Å². The standard InChI is InChI=1S/C55H52N2/c1-7-15-42(33-37(4)5)41-24-28-44(29-25-41)57(43-26-22-40(23-27-43)39-17-11-10-12-18-39)45-30-32-48-50(49(16-8-2)54(56)9-3)36-55(53(48)35-45)51-20-14-13-19-46(51)47-31-21-38(6)34-52(47)55/h7-8,10-11,13-17,19-36H,1,9,12,18,56H2,2-6H3/b16-8-,42-15+,54-49-. The number of fused-ring (bicyclic) bond motifs is 7. The fourth-order valence-electron chi connectivity index (χ4n) is 9.01. The lowest BCUT2D eigenvalue weighted by Gasteiger charge is -2.31. The predicted octanol–water partition coefficient (Wildman–Crippen LogP) is 14.6. The Morgan fingerprint density at radius 2 is 1.49 bits per heavy atom. The van der Waals surface area contributed by atoms with Gasteiger partial charge in [0.05, 0.1) is 5.41 Å². The van der Waals surface area contributed by atoms with Crippen molar-refractivity contribution in [2.24, 2.45) is 5.73 Å². The zero-order valence-electron chi connectivity index (χ0n) is 33.9. The molecule has 0 saturated heterocycles. The third-order valence-corrected chi connectivity index (χ3v) is 11.6. The summed E-state index contributed by atoms with van der Waals surface area (Å²) in [6.45, 7) is 14.7. The number of hydrogen-bond acceptors (Lipinski definition) is 2. The van der Waals surface area contributed by atoms with Crippen LogP contribution in [0.15, 0.2) is 187 Å². The summed E-state index contributed by atoms with van der Waals surface area (Å²) in [5.74, 6) is 0. The topological polar surface area (TPSA) is 29.3 Å². The lowest BCUT2D eigenvalue weighted by molar-refractivity contribution is 0.819. The number of allylic oxidation sites excluding steroid dienone is 15. The first-order valence-corrected chi connectivity index (χ1v) is 20.3. The van der Waals surface area contributed by atoms with Crippen LogP contribution in [0.25, 0.3) is 27.8 Å². The Bertz CT molecular complexity index is 2590. The van der Waals surface area contributed by atoms with Crippen molar-refractivity contribution in [3.8, 4) is 11.1 Å². The Kier molecular flexibility index (Phi) is 10.3. The van der Waals surface area contributed by atoms with Crippen molar-refractivity contribution >= 4 is 33.8 Å². The van der Waals surface area contributed by atoms with Crippen LogP contribution in [0.5, 0.6) is 0 Å². The van der Waals surface area contributed by atoms with Crippen LogP contribution in [-0.2, 0) is 5.41 Å². The Balaban J connectivity index is 1.37. The molecule has 0 radical (unpaired) electrons. The van der Waals surface area contributed by atoms with E-state index in [2.05, 4.69) is 204 Å². The van der Waals surface area contributed by atoms with Crippen molar-refractivity contribution in [3.05, 3.63) is 226 Å². The van der Waals surface area contributed by atoms with E-state index in [0.717, 1.165) is 58.7 Å². The van der Waals surface area contributed by atoms with Gasteiger partial charge in [0.1, 0.15) is 0 Å². The first-order valence-electron chi connectivity index (χ1n) is 20.3. The highest BCUT2D eigenvalue weighted by Gasteiger charge is 2.48. The summed E-state index contributed by atoms with van der Waals surface area (Å²) in [5, 5.41) is 0. The maximum Gasteiger partial charge on any atom is 0.0660 e. The lowest BCUT2D eigenvalue weighted by atomic mass is 9.74. The number of nitrogens with two attached hydrogens (primary N) is 1. The van der Waals surface area contributed by atoms with Crippen LogP contribution in [0, 0.1) is 6.92 Å². The summed E-state index contributed by atoms with van der Waals surface area (Å²) in [6, 6.07) is 41.1. The molecule has 0 fully saturated rings. The van der Waals surface area contributed by atoms with Crippen molar-refractivity contribution in [2.75, 3.05) is 4.90 Å². The maximum atomic E-state index is 6.87. The van der Waals surface area contributed by atoms with Gasteiger partial charge >= 0.3 is 0 Å². The van der Waals surface area contributed by atoms with Crippen LogP contribution in [-0.4, -0.2) is 0 Å². The molecule has 2 heteroatoms. The number of anilines is 3. The van der Waals surface area contributed by atoms with Gasteiger partial charge in [-0.15, -0.1) is 0 Å². The molecular formula is C55H52N2. The molecule has 0 aliphatic heterocycles. The van der Waals surface area contributed by atoms with Gasteiger partial charge in [0, 0.05) is 28.3 Å². The average Bonchev–Trinajstić information content (AvgIpc) is 3.72. The van der Waals surface area contributed by atoms with Crippen molar-refractivity contribution in [2.45, 2.75) is 59.3 Å². The largest absolute Gasteiger partial charge is 0.402 e. The van der Waals surface area contributed by atoms with Gasteiger partial charge in [0.25, 0.3) is 0 Å². The third kappa shape index (κ3) is 6.70. The molecule has 2 N–H and O–H groups in total. The molecule has 282 valence electrons. The number of hydrogen-bond donors (Lipinski definition) is 1. The smallest absolute Gasteiger partial charge is 0.0660 e. The molecule has 0 heterocycles. The van der Waals surface area contributed by atoms with Gasteiger partial charge in [-0.05, 0) is 145 Å². The summed E-state index contributed by atoms with van der Waals surface area (Å²) < 4.78 is 0. The van der Waals surface area contributed by atoms with Gasteiger partial charge in [-0.25, -0.2) is 0 Å². The molecule has 2 nitrogen and oxygen atoms in total. The van der Waals surface area contributed by atoms with Crippen molar-refractivity contribution < 1.29 is 0 Å². The Labute approximate surface area is 339 Å². The number of nitrogens with zero attached hydrogens (tertiary/aromatic N) is 1. The summed E-state index contributed by atoms with van der Waals surface area (Å²) in [7, 11) is 0. The van der Waals surface area contributed by atoms with Crippen molar-refractivity contribution in [3.63, 3.8) is 0 Å². The molecule has 1 unspecified atom stereocenters. The fourth-order valence-corrected chi connectivity index (χ4v) is 9.01. The van der Waals surface area contributed by atoms with Crippen LogP contribution < -0.4 is 10.6 Å². The molecule has 57 heavy (non-hydrogen) atoms. The summed E-state index contributed by atoms with van der Waals surface area (Å²) in [4.78, 5) is 2.41. The normalized spacial score (nSPS) is 17.1. The monoisotopic (exact) mass is 740 g/mol. The second kappa shape index (κ2) is 15.6. The van der Waals surface area contributed by atoms with E-state index in [-0.39, 0.29) is 0 Å². The second-order valence-electron chi connectivity index (χ2n) is 15.7. The molecule has 0 saturated carbocycles. The molecule has 0 amide bonds. The summed E-state index contributed by atoms with van der Waals surface area (Å²) >= 11 is 0. The lowest BCUT2D eigenvalue weighted by Crippen LogP contribution is -2.23. The Hall–Kier alpha value is -6.38. The molecule has 0 aromatic heterocycles. The van der Waals surface area contributed by atoms with Crippen LogP contribution in [0.2, 0.25) is 0 Å². The van der Waals surface area contributed by atoms with Gasteiger partial charge in [-0.2, -0.15) is 0 Å². The highest BCUT2D eigenvalue weighted by atomic mass is 15.1. The molecule has 0 bridgehead atoms. The average molecular weight is 741 g/mol. The minimum atomic E-state index is -0.492. The van der Waals surface area contributed by atoms with E-state index >= 15 is 0 Å². The van der Waals surface area contributed by atoms with Gasteiger partial charge in [-0.3, -0.25) is 0 Å². The van der Waals surface area contributed by atoms with Gasteiger partial charge < -0.3 is 10.6 Å². The Morgan fingerprint density at radius 3 is 2.18 bits per heavy atom. The maximum absolute atomic E-state index is 6.87. The SMILES string of the molecule is C=C/C=C(\C=C(C)C)c1ccc(N(c2ccc(C3=CC=CCC3)cc2)c2ccc3c(c2)C2(C=C3C(/C=C\C)=C(\N)CC)c3ccccc3-c3ccc(C)cc32)cc1. The minimum absolute atomic E-state index is 0.492. The van der Waals surface area contributed by atoms with E-state index in [0.29, 0.717) is 0 Å². The molecule has 8 rings (SSSR count). The predicted molar refractivity (Wildman–Crippen MR) is 246 cm³/mol. The summed E-state index contributed by atoms with van der Waals surface area (Å²) in [6.07, 6.45) is 22.6. The van der Waals surface area contributed by atoms with Crippen LogP contribution in [0.3, 0.4) is 0 Å². The minimum Gasteiger partial charge on any atom is -0.402 e. The fraction of sp³-hybridized carbons (Fsp3) is 0.164. The van der Waals surface area contributed by atoms with E-state index in [1.54, 1.807) is 0 Å². The third-order valence-electron chi connectivity index (χ3n) is 11.6. The van der Waals surface area contributed by atoms with Crippen LogP contribution >= 0.6 is 0 Å². The molecule has 3 aliphatic rings. The Morgan fingerprint density at radius 1 is 0.807 bits per heavy atom. The zero-order chi connectivity index (χ0) is 39.7. The number of aryl methyl sites for hydroxylation is 1. The van der Waals surface area contributed by atoms with E-state index in [9.17, 15) is 0 Å². The highest BCUT2D eigenvalue weighted by molar-refractivity contribution is 5.98. The van der Waals surface area contributed by atoms with Gasteiger partial charge in [-0.1, -0.05) is 152 Å². The van der Waals surface area contributed by atoms with Crippen molar-refractivity contribution in [1.82, 2.24) is 0 Å². The van der Waals surface area contributed by atoms with E-state index < -0.39 is 5.41 Å². The molecule has 5 aromatic carbocycles. The molecular weight excluding hydrogens is 689 g/mol. The molecule has 3 aliphatic carbocycles. The molecule has 1 spiro atoms. The van der Waals surface area contributed by atoms with Crippen LogP contribution in [0.4, 0.5) is 17.1 Å². The first kappa shape index (κ1) is 37.5. The quantitative estimate of drug-likeness (QED) is 0.144. The van der Waals surface area contributed by atoms with E-state index in [1.807, 2.05) is 6.08 Å². The summed E-state index contributed by atoms with van der Waals surface area (Å²) in [5.41, 5.74) is 28.0. The zero-order valence-corrected chi connectivity index (χ0v) is 33.9. The number of benzene rings is 5. The van der Waals surface area contributed by atoms with E-state index in [4.69, 9.17) is 5.73 Å². The highest BCUT2D eigenvalue weighted by Crippen LogP contribution is 2.60.